The van der Waals surface area contributed by atoms with Gasteiger partial charge in [-0.2, -0.15) is 22.0 Å². The van der Waals surface area contributed by atoms with Crippen molar-refractivity contribution in [3.63, 3.8) is 0 Å². The largest absolute Gasteiger partial charge is 0.461 e. The Labute approximate surface area is 98.5 Å². The Kier molecular flexibility index (Phi) is 3.55. The molecular weight excluding hydrogens is 265 g/mol. The van der Waals surface area contributed by atoms with E-state index < -0.39 is 49.0 Å². The Balaban J connectivity index is 2.75. The molecule has 0 atom stereocenters. The van der Waals surface area contributed by atoms with Crippen LogP contribution in [-0.2, 0) is 14.3 Å². The van der Waals surface area contributed by atoms with Crippen LogP contribution in [0.2, 0.25) is 0 Å². The number of carbonyl (C=O) groups is 2. The smallest absolute Gasteiger partial charge is 0.418 e. The first-order valence-electron chi connectivity index (χ1n) is 5.01. The Bertz CT molecular complexity index is 362. The van der Waals surface area contributed by atoms with Crippen LogP contribution in [-0.4, -0.2) is 36.1 Å². The lowest BCUT2D eigenvalue weighted by atomic mass is 10.2. The van der Waals surface area contributed by atoms with Gasteiger partial charge in [0.25, 0.3) is 0 Å². The van der Waals surface area contributed by atoms with Gasteiger partial charge in [0.2, 0.25) is 0 Å². The fourth-order valence-corrected chi connectivity index (χ4v) is 1.21. The highest BCUT2D eigenvalue weighted by molar-refractivity contribution is 6.04. The molecule has 0 heterocycles. The molecule has 4 nitrogen and oxygen atoms in total. The van der Waals surface area contributed by atoms with E-state index in [1.165, 1.54) is 12.2 Å². The van der Waals surface area contributed by atoms with E-state index in [2.05, 4.69) is 4.74 Å². The molecule has 0 aliphatic heterocycles. The number of ether oxygens (including phenoxy) is 1. The van der Waals surface area contributed by atoms with E-state index in [0.29, 0.717) is 0 Å². The van der Waals surface area contributed by atoms with Gasteiger partial charge in [0.15, 0.2) is 0 Å². The first kappa shape index (κ1) is 14.7. The van der Waals surface area contributed by atoms with E-state index in [9.17, 15) is 31.5 Å². The standard InChI is InChI=1S/C9H10F5NO3/c1-2-18-6(17)8(10,11)5(16)15-7(3-4-7)9(12,13)14/h2-4H2,1H3,(H,15,16). The van der Waals surface area contributed by atoms with Gasteiger partial charge in [-0.1, -0.05) is 0 Å². The number of alkyl halides is 5. The summed E-state index contributed by atoms with van der Waals surface area (Å²) < 4.78 is 67.4. The highest BCUT2D eigenvalue weighted by atomic mass is 19.4. The van der Waals surface area contributed by atoms with Gasteiger partial charge in [0, 0.05) is 0 Å². The maximum atomic E-state index is 13.1. The molecule has 0 aromatic carbocycles. The minimum Gasteiger partial charge on any atom is -0.461 e. The minimum absolute atomic E-state index is 0.411. The van der Waals surface area contributed by atoms with E-state index in [-0.39, 0.29) is 0 Å². The van der Waals surface area contributed by atoms with E-state index in [4.69, 9.17) is 0 Å². The van der Waals surface area contributed by atoms with Gasteiger partial charge in [-0.15, -0.1) is 0 Å². The molecule has 0 spiro atoms. The molecule has 104 valence electrons. The number of halogens is 5. The molecule has 1 saturated carbocycles. The van der Waals surface area contributed by atoms with E-state index in [1.54, 1.807) is 0 Å². The maximum absolute atomic E-state index is 13.1. The van der Waals surface area contributed by atoms with Gasteiger partial charge in [-0.05, 0) is 19.8 Å². The predicted octanol–water partition coefficient (Wildman–Crippen LogP) is 1.40. The molecule has 1 amide bonds. The van der Waals surface area contributed by atoms with Gasteiger partial charge in [-0.3, -0.25) is 4.79 Å². The minimum atomic E-state index is -4.83. The number of amides is 1. The average Bonchev–Trinajstić information content (AvgIpc) is 2.98. The lowest BCUT2D eigenvalue weighted by Gasteiger charge is -2.23. The molecule has 0 aromatic heterocycles. The fraction of sp³-hybridized carbons (Fsp3) is 0.778. The highest BCUT2D eigenvalue weighted by Crippen LogP contribution is 2.49. The second kappa shape index (κ2) is 4.36. The van der Waals surface area contributed by atoms with Crippen LogP contribution in [0.25, 0.3) is 0 Å². The molecule has 1 N–H and O–H groups in total. The summed E-state index contributed by atoms with van der Waals surface area (Å²) in [6.45, 7) is 0.816. The third-order valence-corrected chi connectivity index (χ3v) is 2.46. The second-order valence-corrected chi connectivity index (χ2v) is 3.83. The van der Waals surface area contributed by atoms with Crippen molar-refractivity contribution < 1.29 is 36.3 Å². The van der Waals surface area contributed by atoms with Crippen LogP contribution in [0.15, 0.2) is 0 Å². The summed E-state index contributed by atoms with van der Waals surface area (Å²) in [6.07, 6.45) is -5.80. The first-order valence-corrected chi connectivity index (χ1v) is 5.01. The van der Waals surface area contributed by atoms with E-state index in [1.807, 2.05) is 0 Å². The Morgan fingerprint density at radius 2 is 1.72 bits per heavy atom. The molecule has 1 aliphatic rings. The van der Waals surface area contributed by atoms with Gasteiger partial charge in [0.1, 0.15) is 5.54 Å². The summed E-state index contributed by atoms with van der Waals surface area (Å²) >= 11 is 0. The van der Waals surface area contributed by atoms with Crippen LogP contribution in [0.1, 0.15) is 19.8 Å². The van der Waals surface area contributed by atoms with Gasteiger partial charge >= 0.3 is 24.0 Å². The molecular formula is C9H10F5NO3. The highest BCUT2D eigenvalue weighted by Gasteiger charge is 2.66. The molecule has 9 heteroatoms. The lowest BCUT2D eigenvalue weighted by Crippen LogP contribution is -2.55. The Hall–Kier alpha value is -1.41. The molecule has 0 saturated heterocycles. The number of hydrogen-bond donors (Lipinski definition) is 1. The normalized spacial score (nSPS) is 18.1. The van der Waals surface area contributed by atoms with Gasteiger partial charge in [0.05, 0.1) is 6.61 Å². The van der Waals surface area contributed by atoms with Crippen molar-refractivity contribution in [2.75, 3.05) is 6.61 Å². The monoisotopic (exact) mass is 275 g/mol. The molecule has 18 heavy (non-hydrogen) atoms. The zero-order valence-electron chi connectivity index (χ0n) is 9.24. The summed E-state index contributed by atoms with van der Waals surface area (Å²) in [5, 5.41) is 1.17. The fourth-order valence-electron chi connectivity index (χ4n) is 1.21. The van der Waals surface area contributed by atoms with Crippen molar-refractivity contribution in [1.29, 1.82) is 0 Å². The van der Waals surface area contributed by atoms with Gasteiger partial charge in [-0.25, -0.2) is 4.79 Å². The van der Waals surface area contributed by atoms with Crippen LogP contribution in [0.4, 0.5) is 22.0 Å². The summed E-state index contributed by atoms with van der Waals surface area (Å²) in [4.78, 5) is 21.8. The number of carbonyl (C=O) groups excluding carboxylic acids is 2. The Morgan fingerprint density at radius 1 is 1.22 bits per heavy atom. The quantitative estimate of drug-likeness (QED) is 0.479. The summed E-state index contributed by atoms with van der Waals surface area (Å²) in [6, 6.07) is 0. The second-order valence-electron chi connectivity index (χ2n) is 3.83. The Morgan fingerprint density at radius 3 is 2.06 bits per heavy atom. The zero-order chi connectivity index (χ0) is 14.2. The number of nitrogens with one attached hydrogen (secondary N) is 1. The molecule has 1 rings (SSSR count). The zero-order valence-corrected chi connectivity index (χ0v) is 9.24. The molecule has 0 bridgehead atoms. The van der Waals surface area contributed by atoms with Crippen molar-refractivity contribution in [2.24, 2.45) is 0 Å². The number of esters is 1. The number of rotatable bonds is 4. The topological polar surface area (TPSA) is 55.4 Å². The first-order chi connectivity index (χ1) is 8.07. The van der Waals surface area contributed by atoms with Gasteiger partial charge < -0.3 is 10.1 Å². The summed E-state index contributed by atoms with van der Waals surface area (Å²) in [5.74, 6) is -9.09. The molecule has 0 radical (unpaired) electrons. The average molecular weight is 275 g/mol. The lowest BCUT2D eigenvalue weighted by molar-refractivity contribution is -0.188. The van der Waals surface area contributed by atoms with Crippen LogP contribution in [0.5, 0.6) is 0 Å². The SMILES string of the molecule is CCOC(=O)C(F)(F)C(=O)NC1(C(F)(F)F)CC1. The summed E-state index contributed by atoms with van der Waals surface area (Å²) in [5.41, 5.74) is -2.64. The van der Waals surface area contributed by atoms with Crippen molar-refractivity contribution in [2.45, 2.75) is 37.4 Å². The van der Waals surface area contributed by atoms with Crippen molar-refractivity contribution >= 4 is 11.9 Å². The van der Waals surface area contributed by atoms with Crippen LogP contribution < -0.4 is 5.32 Å². The molecule has 0 aromatic rings. The third-order valence-electron chi connectivity index (χ3n) is 2.46. The van der Waals surface area contributed by atoms with Crippen molar-refractivity contribution in [1.82, 2.24) is 5.32 Å². The number of hydrogen-bond acceptors (Lipinski definition) is 3. The van der Waals surface area contributed by atoms with Crippen molar-refractivity contribution in [3.05, 3.63) is 0 Å². The van der Waals surface area contributed by atoms with E-state index in [0.717, 1.165) is 0 Å². The van der Waals surface area contributed by atoms with Crippen LogP contribution in [0, 0.1) is 0 Å². The predicted molar refractivity (Wildman–Crippen MR) is 47.7 cm³/mol. The molecule has 1 aliphatic carbocycles. The van der Waals surface area contributed by atoms with Crippen LogP contribution in [0.3, 0.4) is 0 Å². The molecule has 1 fully saturated rings. The van der Waals surface area contributed by atoms with Crippen molar-refractivity contribution in [3.8, 4) is 0 Å². The van der Waals surface area contributed by atoms with Crippen LogP contribution >= 0.6 is 0 Å². The maximum Gasteiger partial charge on any atom is 0.418 e. The summed E-state index contributed by atoms with van der Waals surface area (Å²) in [7, 11) is 0. The third kappa shape index (κ3) is 2.54. The molecule has 0 unspecified atom stereocenters. The van der Waals surface area contributed by atoms with E-state index >= 15 is 0 Å².